The van der Waals surface area contributed by atoms with Gasteiger partial charge >= 0.3 is 0 Å². The molecule has 2 aromatic heterocycles. The molecule has 0 atom stereocenters. The Morgan fingerprint density at radius 2 is 1.90 bits per heavy atom. The maximum Gasteiger partial charge on any atom is 0.169 e. The van der Waals surface area contributed by atoms with E-state index in [0.717, 1.165) is 28.9 Å². The van der Waals surface area contributed by atoms with Gasteiger partial charge < -0.3 is 4.74 Å². The fourth-order valence-corrected chi connectivity index (χ4v) is 2.35. The van der Waals surface area contributed by atoms with Crippen molar-refractivity contribution >= 4 is 11.9 Å². The number of hydrogen-bond acceptors (Lipinski definition) is 3. The fraction of sp³-hybridized carbons (Fsp3) is 0.125. The molecule has 0 aliphatic carbocycles. The molecule has 0 spiro atoms. The molecule has 0 saturated carbocycles. The number of aldehydes is 1. The fourth-order valence-electron chi connectivity index (χ4n) is 2.35. The lowest BCUT2D eigenvalue weighted by Gasteiger charge is -2.03. The standard InChI is InChI=1S/C16H14N2O2/c1-11-4-3-5-15-17-16(14(10-19)18(11)15)12-6-8-13(20-2)9-7-12/h3-10H,1-2H3. The third-order valence-corrected chi connectivity index (χ3v) is 3.35. The van der Waals surface area contributed by atoms with E-state index in [2.05, 4.69) is 4.98 Å². The van der Waals surface area contributed by atoms with Gasteiger partial charge in [-0.1, -0.05) is 6.07 Å². The molecule has 1 aromatic carbocycles. The van der Waals surface area contributed by atoms with Crippen molar-refractivity contribution in [2.75, 3.05) is 7.11 Å². The summed E-state index contributed by atoms with van der Waals surface area (Å²) < 4.78 is 7.01. The Morgan fingerprint density at radius 1 is 1.15 bits per heavy atom. The topological polar surface area (TPSA) is 43.6 Å². The number of fused-ring (bicyclic) bond motifs is 1. The van der Waals surface area contributed by atoms with Gasteiger partial charge in [0.15, 0.2) is 6.29 Å². The summed E-state index contributed by atoms with van der Waals surface area (Å²) in [5, 5.41) is 0. The number of nitrogens with zero attached hydrogens (tertiary/aromatic N) is 2. The summed E-state index contributed by atoms with van der Waals surface area (Å²) in [6.07, 6.45) is 0.854. The van der Waals surface area contributed by atoms with Crippen molar-refractivity contribution in [3.05, 3.63) is 53.9 Å². The van der Waals surface area contributed by atoms with Crippen molar-refractivity contribution in [1.29, 1.82) is 0 Å². The van der Waals surface area contributed by atoms with Gasteiger partial charge in [0.2, 0.25) is 0 Å². The molecule has 0 amide bonds. The van der Waals surface area contributed by atoms with Gasteiger partial charge in [-0.05, 0) is 43.3 Å². The molecule has 3 aromatic rings. The first kappa shape index (κ1) is 12.4. The van der Waals surface area contributed by atoms with E-state index in [0.29, 0.717) is 11.4 Å². The number of methoxy groups -OCH3 is 1. The SMILES string of the molecule is COc1ccc(-c2nc3cccc(C)n3c2C=O)cc1. The zero-order valence-corrected chi connectivity index (χ0v) is 11.3. The molecular weight excluding hydrogens is 252 g/mol. The summed E-state index contributed by atoms with van der Waals surface area (Å²) >= 11 is 0. The van der Waals surface area contributed by atoms with Gasteiger partial charge in [-0.15, -0.1) is 0 Å². The number of imidazole rings is 1. The molecule has 0 aliphatic rings. The Kier molecular flexibility index (Phi) is 2.99. The molecule has 100 valence electrons. The first-order valence-corrected chi connectivity index (χ1v) is 6.32. The molecule has 4 heteroatoms. The normalized spacial score (nSPS) is 10.7. The molecule has 0 fully saturated rings. The largest absolute Gasteiger partial charge is 0.497 e. The van der Waals surface area contributed by atoms with Crippen molar-refractivity contribution in [2.24, 2.45) is 0 Å². The summed E-state index contributed by atoms with van der Waals surface area (Å²) in [5.74, 6) is 0.779. The zero-order valence-electron chi connectivity index (χ0n) is 11.3. The number of hydrogen-bond donors (Lipinski definition) is 0. The van der Waals surface area contributed by atoms with Gasteiger partial charge in [-0.25, -0.2) is 4.98 Å². The number of ether oxygens (including phenoxy) is 1. The molecular formula is C16H14N2O2. The Morgan fingerprint density at radius 3 is 2.55 bits per heavy atom. The van der Waals surface area contributed by atoms with Crippen molar-refractivity contribution in [3.8, 4) is 17.0 Å². The van der Waals surface area contributed by atoms with E-state index in [-0.39, 0.29) is 0 Å². The van der Waals surface area contributed by atoms with E-state index >= 15 is 0 Å². The van der Waals surface area contributed by atoms with Crippen molar-refractivity contribution in [1.82, 2.24) is 9.38 Å². The number of aromatic nitrogens is 2. The van der Waals surface area contributed by atoms with Crippen LogP contribution >= 0.6 is 0 Å². The number of rotatable bonds is 3. The molecule has 0 saturated heterocycles. The number of carbonyl (C=O) groups excluding carboxylic acids is 1. The van der Waals surface area contributed by atoms with Crippen molar-refractivity contribution in [3.63, 3.8) is 0 Å². The van der Waals surface area contributed by atoms with Crippen LogP contribution in [0.5, 0.6) is 5.75 Å². The lowest BCUT2D eigenvalue weighted by atomic mass is 10.1. The minimum absolute atomic E-state index is 0.572. The average Bonchev–Trinajstić information content (AvgIpc) is 2.87. The molecule has 0 radical (unpaired) electrons. The summed E-state index contributed by atoms with van der Waals surface area (Å²) in [5.41, 5.74) is 3.92. The van der Waals surface area contributed by atoms with Crippen LogP contribution < -0.4 is 4.74 Å². The molecule has 0 bridgehead atoms. The van der Waals surface area contributed by atoms with Crippen LogP contribution in [-0.4, -0.2) is 22.8 Å². The highest BCUT2D eigenvalue weighted by Crippen LogP contribution is 2.26. The highest BCUT2D eigenvalue weighted by Gasteiger charge is 2.14. The Hall–Kier alpha value is -2.62. The van der Waals surface area contributed by atoms with Gasteiger partial charge in [0.05, 0.1) is 7.11 Å². The number of carbonyl (C=O) groups is 1. The van der Waals surface area contributed by atoms with Crippen molar-refractivity contribution < 1.29 is 9.53 Å². The highest BCUT2D eigenvalue weighted by atomic mass is 16.5. The smallest absolute Gasteiger partial charge is 0.169 e. The minimum atomic E-state index is 0.572. The van der Waals surface area contributed by atoms with Gasteiger partial charge in [-0.2, -0.15) is 0 Å². The van der Waals surface area contributed by atoms with Crippen LogP contribution in [0.1, 0.15) is 16.2 Å². The van der Waals surface area contributed by atoms with Crippen LogP contribution in [0.15, 0.2) is 42.5 Å². The van der Waals surface area contributed by atoms with Crippen LogP contribution in [-0.2, 0) is 0 Å². The van der Waals surface area contributed by atoms with E-state index in [4.69, 9.17) is 4.74 Å². The van der Waals surface area contributed by atoms with Gasteiger partial charge in [-0.3, -0.25) is 9.20 Å². The van der Waals surface area contributed by atoms with E-state index in [1.54, 1.807) is 7.11 Å². The van der Waals surface area contributed by atoms with E-state index in [1.165, 1.54) is 0 Å². The lowest BCUT2D eigenvalue weighted by Crippen LogP contribution is -1.96. The molecule has 20 heavy (non-hydrogen) atoms. The predicted molar refractivity (Wildman–Crippen MR) is 77.3 cm³/mol. The zero-order chi connectivity index (χ0) is 14.1. The maximum absolute atomic E-state index is 11.5. The predicted octanol–water partition coefficient (Wildman–Crippen LogP) is 3.13. The average molecular weight is 266 g/mol. The quantitative estimate of drug-likeness (QED) is 0.684. The first-order chi connectivity index (χ1) is 9.74. The Labute approximate surface area is 116 Å². The summed E-state index contributed by atoms with van der Waals surface area (Å²) in [6, 6.07) is 13.3. The van der Waals surface area contributed by atoms with E-state index in [1.807, 2.05) is 53.8 Å². The van der Waals surface area contributed by atoms with E-state index in [9.17, 15) is 4.79 Å². The van der Waals surface area contributed by atoms with E-state index < -0.39 is 0 Å². The second-order valence-electron chi connectivity index (χ2n) is 4.55. The van der Waals surface area contributed by atoms with Crippen molar-refractivity contribution in [2.45, 2.75) is 6.92 Å². The van der Waals surface area contributed by atoms with Gasteiger partial charge in [0.25, 0.3) is 0 Å². The van der Waals surface area contributed by atoms with Gasteiger partial charge in [0.1, 0.15) is 22.8 Å². The lowest BCUT2D eigenvalue weighted by molar-refractivity contribution is 0.111. The number of benzene rings is 1. The molecule has 0 N–H and O–H groups in total. The van der Waals surface area contributed by atoms with Gasteiger partial charge in [0, 0.05) is 11.3 Å². The minimum Gasteiger partial charge on any atom is -0.497 e. The number of pyridine rings is 1. The van der Waals surface area contributed by atoms with Crippen LogP contribution in [0.3, 0.4) is 0 Å². The summed E-state index contributed by atoms with van der Waals surface area (Å²) in [6.45, 7) is 1.96. The van der Waals surface area contributed by atoms with Crippen LogP contribution in [0.25, 0.3) is 16.9 Å². The van der Waals surface area contributed by atoms with Crippen LogP contribution in [0.4, 0.5) is 0 Å². The number of aryl methyl sites for hydroxylation is 1. The Balaban J connectivity index is 2.24. The second kappa shape index (κ2) is 4.81. The third kappa shape index (κ3) is 1.86. The second-order valence-corrected chi connectivity index (χ2v) is 4.55. The molecule has 2 heterocycles. The summed E-state index contributed by atoms with van der Waals surface area (Å²) in [4.78, 5) is 16.0. The molecule has 3 rings (SSSR count). The molecule has 4 nitrogen and oxygen atoms in total. The monoisotopic (exact) mass is 266 g/mol. The summed E-state index contributed by atoms with van der Waals surface area (Å²) in [7, 11) is 1.63. The molecule has 0 unspecified atom stereocenters. The highest BCUT2D eigenvalue weighted by molar-refractivity contribution is 5.86. The van der Waals surface area contributed by atoms with Crippen LogP contribution in [0, 0.1) is 6.92 Å². The Bertz CT molecular complexity index is 773. The van der Waals surface area contributed by atoms with Crippen LogP contribution in [0.2, 0.25) is 0 Å². The molecule has 0 aliphatic heterocycles. The third-order valence-electron chi connectivity index (χ3n) is 3.35. The maximum atomic E-state index is 11.5. The first-order valence-electron chi connectivity index (χ1n) is 6.32.